The van der Waals surface area contributed by atoms with E-state index >= 15 is 0 Å². The first kappa shape index (κ1) is 10.2. The monoisotopic (exact) mass is 195 g/mol. The largest absolute Gasteiger partial charge is 0.409 e. The SMILES string of the molecule is CCN(C)c1cc(/C(N)=N/O)ncn1. The molecule has 1 aromatic rings. The quantitative estimate of drug-likeness (QED) is 0.307. The molecule has 6 heteroatoms. The molecule has 0 aliphatic rings. The van der Waals surface area contributed by atoms with Crippen LogP contribution in [0.15, 0.2) is 17.5 Å². The molecule has 0 amide bonds. The second-order valence-corrected chi connectivity index (χ2v) is 2.76. The average molecular weight is 195 g/mol. The molecule has 0 saturated heterocycles. The van der Waals surface area contributed by atoms with Gasteiger partial charge < -0.3 is 15.8 Å². The standard InChI is InChI=1S/C8H13N5O/c1-3-13(2)7-4-6(8(9)12-14)10-5-11-7/h4-5,14H,3H2,1-2H3,(H2,9,12). The smallest absolute Gasteiger partial charge is 0.188 e. The van der Waals surface area contributed by atoms with Gasteiger partial charge in [0, 0.05) is 19.7 Å². The molecule has 1 aromatic heterocycles. The van der Waals surface area contributed by atoms with Gasteiger partial charge in [-0.3, -0.25) is 0 Å². The summed E-state index contributed by atoms with van der Waals surface area (Å²) in [7, 11) is 1.90. The minimum atomic E-state index is -0.0156. The zero-order chi connectivity index (χ0) is 10.6. The fourth-order valence-electron chi connectivity index (χ4n) is 0.909. The molecule has 0 spiro atoms. The van der Waals surface area contributed by atoms with E-state index in [1.54, 1.807) is 6.07 Å². The van der Waals surface area contributed by atoms with Crippen molar-refractivity contribution in [2.75, 3.05) is 18.5 Å². The molecule has 1 heterocycles. The van der Waals surface area contributed by atoms with Crippen LogP contribution >= 0.6 is 0 Å². The Morgan fingerprint density at radius 1 is 1.64 bits per heavy atom. The third kappa shape index (κ3) is 2.09. The van der Waals surface area contributed by atoms with Gasteiger partial charge in [-0.25, -0.2) is 9.97 Å². The van der Waals surface area contributed by atoms with E-state index < -0.39 is 0 Å². The lowest BCUT2D eigenvalue weighted by molar-refractivity contribution is 0.318. The number of amidine groups is 1. The van der Waals surface area contributed by atoms with Crippen molar-refractivity contribution < 1.29 is 5.21 Å². The van der Waals surface area contributed by atoms with E-state index in [-0.39, 0.29) is 5.84 Å². The van der Waals surface area contributed by atoms with E-state index in [4.69, 9.17) is 10.9 Å². The second-order valence-electron chi connectivity index (χ2n) is 2.76. The number of nitrogens with zero attached hydrogens (tertiary/aromatic N) is 4. The van der Waals surface area contributed by atoms with Crippen LogP contribution in [0.2, 0.25) is 0 Å². The topological polar surface area (TPSA) is 87.6 Å². The van der Waals surface area contributed by atoms with E-state index in [9.17, 15) is 0 Å². The van der Waals surface area contributed by atoms with Crippen LogP contribution in [-0.4, -0.2) is 34.6 Å². The molecule has 6 nitrogen and oxygen atoms in total. The van der Waals surface area contributed by atoms with E-state index in [1.165, 1.54) is 6.33 Å². The molecule has 0 fully saturated rings. The highest BCUT2D eigenvalue weighted by Crippen LogP contribution is 2.07. The molecular weight excluding hydrogens is 182 g/mol. The second kappa shape index (κ2) is 4.40. The number of aromatic nitrogens is 2. The van der Waals surface area contributed by atoms with Gasteiger partial charge in [-0.2, -0.15) is 0 Å². The Balaban J connectivity index is 3.01. The summed E-state index contributed by atoms with van der Waals surface area (Å²) < 4.78 is 0. The Morgan fingerprint density at radius 2 is 2.36 bits per heavy atom. The molecule has 0 aliphatic carbocycles. The van der Waals surface area contributed by atoms with Crippen LogP contribution in [-0.2, 0) is 0 Å². The molecule has 3 N–H and O–H groups in total. The molecule has 0 bridgehead atoms. The van der Waals surface area contributed by atoms with Gasteiger partial charge in [0.05, 0.1) is 0 Å². The Labute approximate surface area is 82.1 Å². The Bertz CT molecular complexity index is 338. The van der Waals surface area contributed by atoms with Crippen molar-refractivity contribution in [3.05, 3.63) is 18.1 Å². The molecule has 0 aliphatic heterocycles. The molecular formula is C8H13N5O. The Morgan fingerprint density at radius 3 is 2.93 bits per heavy atom. The molecule has 0 aromatic carbocycles. The van der Waals surface area contributed by atoms with Crippen LogP contribution < -0.4 is 10.6 Å². The molecule has 0 atom stereocenters. The zero-order valence-corrected chi connectivity index (χ0v) is 8.18. The van der Waals surface area contributed by atoms with Crippen LogP contribution in [0, 0.1) is 0 Å². The van der Waals surface area contributed by atoms with E-state index in [0.717, 1.165) is 12.4 Å². The highest BCUT2D eigenvalue weighted by Gasteiger charge is 2.05. The van der Waals surface area contributed by atoms with Gasteiger partial charge in [-0.15, -0.1) is 0 Å². The van der Waals surface area contributed by atoms with Crippen molar-refractivity contribution in [3.63, 3.8) is 0 Å². The summed E-state index contributed by atoms with van der Waals surface area (Å²) in [5.74, 6) is 0.724. The lowest BCUT2D eigenvalue weighted by Crippen LogP contribution is -2.20. The maximum atomic E-state index is 8.46. The molecule has 1 rings (SSSR count). The number of hydrogen-bond acceptors (Lipinski definition) is 5. The van der Waals surface area contributed by atoms with Gasteiger partial charge in [-0.05, 0) is 6.92 Å². The summed E-state index contributed by atoms with van der Waals surface area (Å²) in [6.07, 6.45) is 1.38. The van der Waals surface area contributed by atoms with Gasteiger partial charge in [0.1, 0.15) is 17.8 Å². The molecule has 76 valence electrons. The van der Waals surface area contributed by atoms with Crippen LogP contribution in [0.4, 0.5) is 5.82 Å². The van der Waals surface area contributed by atoms with Gasteiger partial charge in [0.2, 0.25) is 0 Å². The van der Waals surface area contributed by atoms with Gasteiger partial charge in [0.25, 0.3) is 0 Å². The van der Waals surface area contributed by atoms with Gasteiger partial charge in [0.15, 0.2) is 5.84 Å². The minimum Gasteiger partial charge on any atom is -0.409 e. The maximum absolute atomic E-state index is 8.46. The lowest BCUT2D eigenvalue weighted by atomic mass is 10.3. The third-order valence-electron chi connectivity index (χ3n) is 1.89. The first-order chi connectivity index (χ1) is 6.69. The van der Waals surface area contributed by atoms with E-state index in [2.05, 4.69) is 15.1 Å². The number of anilines is 1. The van der Waals surface area contributed by atoms with Crippen molar-refractivity contribution in [1.29, 1.82) is 0 Å². The average Bonchev–Trinajstić information content (AvgIpc) is 2.27. The van der Waals surface area contributed by atoms with E-state index in [0.29, 0.717) is 5.69 Å². The maximum Gasteiger partial charge on any atom is 0.188 e. The number of oxime groups is 1. The van der Waals surface area contributed by atoms with Crippen molar-refractivity contribution in [3.8, 4) is 0 Å². The van der Waals surface area contributed by atoms with Crippen molar-refractivity contribution in [2.24, 2.45) is 10.9 Å². The molecule has 0 radical (unpaired) electrons. The van der Waals surface area contributed by atoms with E-state index in [1.807, 2.05) is 18.9 Å². The molecule has 0 unspecified atom stereocenters. The lowest BCUT2D eigenvalue weighted by Gasteiger charge is -2.15. The molecule has 14 heavy (non-hydrogen) atoms. The van der Waals surface area contributed by atoms with Gasteiger partial charge in [-0.1, -0.05) is 5.16 Å². The Kier molecular flexibility index (Phi) is 3.22. The Hall–Kier alpha value is -1.85. The fraction of sp³-hybridized carbons (Fsp3) is 0.375. The normalized spacial score (nSPS) is 11.4. The summed E-state index contributed by atoms with van der Waals surface area (Å²) in [4.78, 5) is 9.85. The fourth-order valence-corrected chi connectivity index (χ4v) is 0.909. The van der Waals surface area contributed by atoms with Crippen LogP contribution in [0.5, 0.6) is 0 Å². The first-order valence-corrected chi connectivity index (χ1v) is 4.20. The summed E-state index contributed by atoms with van der Waals surface area (Å²) >= 11 is 0. The number of rotatable bonds is 3. The minimum absolute atomic E-state index is 0.0156. The van der Waals surface area contributed by atoms with Crippen molar-refractivity contribution in [2.45, 2.75) is 6.92 Å². The zero-order valence-electron chi connectivity index (χ0n) is 8.18. The highest BCUT2D eigenvalue weighted by molar-refractivity contribution is 5.95. The van der Waals surface area contributed by atoms with Gasteiger partial charge >= 0.3 is 0 Å². The number of nitrogens with two attached hydrogens (primary N) is 1. The summed E-state index contributed by atoms with van der Waals surface area (Å²) in [6, 6.07) is 1.67. The van der Waals surface area contributed by atoms with Crippen LogP contribution in [0.3, 0.4) is 0 Å². The predicted octanol–water partition coefficient (Wildman–Crippen LogP) is 0.0272. The first-order valence-electron chi connectivity index (χ1n) is 4.20. The van der Waals surface area contributed by atoms with Crippen LogP contribution in [0.1, 0.15) is 12.6 Å². The summed E-state index contributed by atoms with van der Waals surface area (Å²) in [5.41, 5.74) is 5.81. The predicted molar refractivity (Wildman–Crippen MR) is 53.5 cm³/mol. The highest BCUT2D eigenvalue weighted by atomic mass is 16.4. The third-order valence-corrected chi connectivity index (χ3v) is 1.89. The van der Waals surface area contributed by atoms with Crippen molar-refractivity contribution >= 4 is 11.7 Å². The summed E-state index contributed by atoms with van der Waals surface area (Å²) in [6.45, 7) is 2.83. The molecule has 0 saturated carbocycles. The number of hydrogen-bond donors (Lipinski definition) is 2. The van der Waals surface area contributed by atoms with Crippen LogP contribution in [0.25, 0.3) is 0 Å². The summed E-state index contributed by atoms with van der Waals surface area (Å²) in [5, 5.41) is 11.3. The van der Waals surface area contributed by atoms with Crippen molar-refractivity contribution in [1.82, 2.24) is 9.97 Å².